The molecule has 1 aliphatic heterocycles. The van der Waals surface area contributed by atoms with Crippen LogP contribution in [0.15, 0.2) is 72.8 Å². The summed E-state index contributed by atoms with van der Waals surface area (Å²) >= 11 is 0. The van der Waals surface area contributed by atoms with E-state index in [-0.39, 0.29) is 22.8 Å². The molecule has 0 spiro atoms. The zero-order valence-electron chi connectivity index (χ0n) is 19.3. The van der Waals surface area contributed by atoms with Crippen molar-refractivity contribution in [3.8, 4) is 0 Å². The fraction of sp³-hybridized carbons (Fsp3) is 0.192. The summed E-state index contributed by atoms with van der Waals surface area (Å²) in [5.74, 6) is -1.41. The number of nitrogens with one attached hydrogen (secondary N) is 2. The minimum absolute atomic E-state index is 0.0304. The number of nitro benzene ring substituents is 1. The van der Waals surface area contributed by atoms with Crippen LogP contribution in [0.3, 0.4) is 0 Å². The zero-order valence-corrected chi connectivity index (χ0v) is 19.3. The van der Waals surface area contributed by atoms with E-state index in [2.05, 4.69) is 10.6 Å². The number of nitro groups is 1. The molecular formula is C26H24N4O6. The molecule has 36 heavy (non-hydrogen) atoms. The lowest BCUT2D eigenvalue weighted by Gasteiger charge is -2.16. The van der Waals surface area contributed by atoms with E-state index in [0.717, 1.165) is 18.1 Å². The molecule has 3 aromatic carbocycles. The molecule has 184 valence electrons. The Kier molecular flexibility index (Phi) is 7.54. The Morgan fingerprint density at radius 2 is 1.83 bits per heavy atom. The second kappa shape index (κ2) is 11.1. The number of hydrogen-bond donors (Lipinski definition) is 2. The van der Waals surface area contributed by atoms with Gasteiger partial charge in [-0.05, 0) is 42.3 Å². The summed E-state index contributed by atoms with van der Waals surface area (Å²) in [5, 5.41) is 17.2. The normalized spacial score (nSPS) is 12.8. The number of nitrogens with zero attached hydrogens (tertiary/aromatic N) is 2. The van der Waals surface area contributed by atoms with Crippen molar-refractivity contribution in [2.75, 3.05) is 28.7 Å². The van der Waals surface area contributed by atoms with E-state index in [1.165, 1.54) is 12.1 Å². The first-order chi connectivity index (χ1) is 17.4. The van der Waals surface area contributed by atoms with Crippen LogP contribution in [0, 0.1) is 10.1 Å². The van der Waals surface area contributed by atoms with Crippen LogP contribution in [0.25, 0.3) is 0 Å². The maximum Gasteiger partial charge on any atom is 0.338 e. The quantitative estimate of drug-likeness (QED) is 0.263. The van der Waals surface area contributed by atoms with E-state index in [4.69, 9.17) is 4.74 Å². The zero-order chi connectivity index (χ0) is 25.5. The molecule has 10 heteroatoms. The molecule has 1 saturated heterocycles. The summed E-state index contributed by atoms with van der Waals surface area (Å²) < 4.78 is 5.05. The second-order valence-electron chi connectivity index (χ2n) is 8.15. The van der Waals surface area contributed by atoms with E-state index in [9.17, 15) is 24.5 Å². The Hall–Kier alpha value is -4.73. The lowest BCUT2D eigenvalue weighted by molar-refractivity contribution is -0.384. The first-order valence-corrected chi connectivity index (χ1v) is 11.3. The van der Waals surface area contributed by atoms with Crippen LogP contribution in [0.4, 0.5) is 22.7 Å². The minimum Gasteiger partial charge on any atom is -0.452 e. The largest absolute Gasteiger partial charge is 0.452 e. The highest BCUT2D eigenvalue weighted by Crippen LogP contribution is 2.27. The third-order valence-electron chi connectivity index (χ3n) is 5.61. The summed E-state index contributed by atoms with van der Waals surface area (Å²) in [6.07, 6.45) is 1.28. The van der Waals surface area contributed by atoms with Gasteiger partial charge in [-0.1, -0.05) is 36.4 Å². The van der Waals surface area contributed by atoms with Gasteiger partial charge in [0.25, 0.3) is 11.6 Å². The highest BCUT2D eigenvalue weighted by molar-refractivity contribution is 5.98. The Labute approximate surface area is 207 Å². The smallest absolute Gasteiger partial charge is 0.338 e. The van der Waals surface area contributed by atoms with Crippen LogP contribution in [-0.4, -0.2) is 35.9 Å². The molecule has 0 saturated carbocycles. The fourth-order valence-electron chi connectivity index (χ4n) is 3.84. The SMILES string of the molecule is O=C(COC(=O)c1ccc(NCc2ccccc2)c([N+](=O)[O-])c1)Nc1cccc(N2CCCC2=O)c1. The van der Waals surface area contributed by atoms with Crippen molar-refractivity contribution in [1.82, 2.24) is 0 Å². The number of carbonyl (C=O) groups excluding carboxylic acids is 3. The molecule has 10 nitrogen and oxygen atoms in total. The predicted molar refractivity (Wildman–Crippen MR) is 134 cm³/mol. The summed E-state index contributed by atoms with van der Waals surface area (Å²) in [6.45, 7) is 0.423. The monoisotopic (exact) mass is 488 g/mol. The maximum absolute atomic E-state index is 12.4. The Bertz CT molecular complexity index is 1290. The molecule has 2 N–H and O–H groups in total. The van der Waals surface area contributed by atoms with Gasteiger partial charge in [-0.25, -0.2) is 4.79 Å². The van der Waals surface area contributed by atoms with E-state index in [1.54, 1.807) is 29.2 Å². The van der Waals surface area contributed by atoms with Gasteiger partial charge in [-0.3, -0.25) is 19.7 Å². The lowest BCUT2D eigenvalue weighted by Crippen LogP contribution is -2.24. The van der Waals surface area contributed by atoms with Crippen molar-refractivity contribution < 1.29 is 24.0 Å². The number of esters is 1. The lowest BCUT2D eigenvalue weighted by atomic mass is 10.1. The second-order valence-corrected chi connectivity index (χ2v) is 8.15. The van der Waals surface area contributed by atoms with Crippen LogP contribution >= 0.6 is 0 Å². The molecule has 0 unspecified atom stereocenters. The summed E-state index contributed by atoms with van der Waals surface area (Å²) in [7, 11) is 0. The molecule has 3 aromatic rings. The molecule has 1 fully saturated rings. The van der Waals surface area contributed by atoms with Gasteiger partial charge >= 0.3 is 5.97 Å². The first kappa shape index (κ1) is 24.4. The third kappa shape index (κ3) is 6.03. The number of hydrogen-bond acceptors (Lipinski definition) is 7. The van der Waals surface area contributed by atoms with Crippen molar-refractivity contribution in [3.63, 3.8) is 0 Å². The summed E-state index contributed by atoms with van der Waals surface area (Å²) in [6, 6.07) is 20.2. The van der Waals surface area contributed by atoms with Crippen molar-refractivity contribution in [2.45, 2.75) is 19.4 Å². The number of ether oxygens (including phenoxy) is 1. The van der Waals surface area contributed by atoms with Gasteiger partial charge in [-0.15, -0.1) is 0 Å². The van der Waals surface area contributed by atoms with E-state index >= 15 is 0 Å². The average Bonchev–Trinajstić information content (AvgIpc) is 3.32. The third-order valence-corrected chi connectivity index (χ3v) is 5.61. The average molecular weight is 489 g/mol. The Morgan fingerprint density at radius 1 is 1.03 bits per heavy atom. The van der Waals surface area contributed by atoms with Crippen LogP contribution in [-0.2, 0) is 20.9 Å². The van der Waals surface area contributed by atoms with Gasteiger partial charge in [0.05, 0.1) is 10.5 Å². The molecule has 2 amide bonds. The van der Waals surface area contributed by atoms with Crippen LogP contribution in [0.1, 0.15) is 28.8 Å². The molecule has 4 rings (SSSR count). The number of rotatable bonds is 9. The van der Waals surface area contributed by atoms with Gasteiger partial charge < -0.3 is 20.3 Å². The van der Waals surface area contributed by atoms with Crippen LogP contribution < -0.4 is 15.5 Å². The molecule has 0 radical (unpaired) electrons. The van der Waals surface area contributed by atoms with E-state index in [0.29, 0.717) is 30.9 Å². The van der Waals surface area contributed by atoms with Crippen LogP contribution in [0.2, 0.25) is 0 Å². The number of carbonyl (C=O) groups is 3. The molecular weight excluding hydrogens is 464 g/mol. The van der Waals surface area contributed by atoms with Gasteiger partial charge in [-0.2, -0.15) is 0 Å². The van der Waals surface area contributed by atoms with Gasteiger partial charge in [0.2, 0.25) is 5.91 Å². The highest BCUT2D eigenvalue weighted by atomic mass is 16.6. The van der Waals surface area contributed by atoms with E-state index in [1.807, 2.05) is 30.3 Å². The number of amides is 2. The Morgan fingerprint density at radius 3 is 2.56 bits per heavy atom. The van der Waals surface area contributed by atoms with Crippen molar-refractivity contribution in [1.29, 1.82) is 0 Å². The van der Waals surface area contributed by atoms with Gasteiger partial charge in [0.1, 0.15) is 5.69 Å². The van der Waals surface area contributed by atoms with Gasteiger partial charge in [0.15, 0.2) is 6.61 Å². The summed E-state index contributed by atoms with van der Waals surface area (Å²) in [4.78, 5) is 49.3. The fourth-order valence-corrected chi connectivity index (χ4v) is 3.84. The molecule has 0 atom stereocenters. The summed E-state index contributed by atoms with van der Waals surface area (Å²) in [5.41, 5.74) is 2.01. The Balaban J connectivity index is 1.35. The standard InChI is InChI=1S/C26H24N4O6/c31-24(28-20-8-4-9-21(15-20)29-13-5-10-25(29)32)17-36-26(33)19-11-12-22(23(14-19)30(34)35)27-16-18-6-2-1-3-7-18/h1-4,6-9,11-12,14-15,27H,5,10,13,16-17H2,(H,28,31). The molecule has 0 bridgehead atoms. The highest BCUT2D eigenvalue weighted by Gasteiger charge is 2.22. The maximum atomic E-state index is 12.4. The number of anilines is 3. The molecule has 1 aliphatic rings. The van der Waals surface area contributed by atoms with Crippen molar-refractivity contribution in [2.24, 2.45) is 0 Å². The van der Waals surface area contributed by atoms with Crippen molar-refractivity contribution >= 4 is 40.5 Å². The van der Waals surface area contributed by atoms with Crippen LogP contribution in [0.5, 0.6) is 0 Å². The molecule has 1 heterocycles. The molecule has 0 aliphatic carbocycles. The minimum atomic E-state index is -0.862. The number of benzene rings is 3. The van der Waals surface area contributed by atoms with E-state index < -0.39 is 23.4 Å². The van der Waals surface area contributed by atoms with Gasteiger partial charge in [0, 0.05) is 37.0 Å². The molecule has 0 aromatic heterocycles. The first-order valence-electron chi connectivity index (χ1n) is 11.3. The predicted octanol–water partition coefficient (Wildman–Crippen LogP) is 4.13. The van der Waals surface area contributed by atoms with Crippen molar-refractivity contribution in [3.05, 3.63) is 94.0 Å². The topological polar surface area (TPSA) is 131 Å².